The van der Waals surface area contributed by atoms with E-state index in [0.29, 0.717) is 56.1 Å². The minimum atomic E-state index is -6.05. The summed E-state index contributed by atoms with van der Waals surface area (Å²) in [7, 11) is -10.9. The second-order valence-electron chi connectivity index (χ2n) is 15.6. The summed E-state index contributed by atoms with van der Waals surface area (Å²) in [5.41, 5.74) is -1.43. The van der Waals surface area contributed by atoms with Crippen molar-refractivity contribution in [1.29, 1.82) is 0 Å². The Labute approximate surface area is 376 Å². The van der Waals surface area contributed by atoms with Gasteiger partial charge in [-0.25, -0.2) is 21.6 Å². The van der Waals surface area contributed by atoms with Gasteiger partial charge in [-0.2, -0.15) is 13.2 Å². The maximum absolute atomic E-state index is 14.2. The van der Waals surface area contributed by atoms with Gasteiger partial charge in [-0.3, -0.25) is 14.6 Å². The lowest BCUT2D eigenvalue weighted by molar-refractivity contribution is -0.0435. The van der Waals surface area contributed by atoms with E-state index in [9.17, 15) is 34.8 Å². The molecule has 0 radical (unpaired) electrons. The number of alkyl halides is 3. The van der Waals surface area contributed by atoms with Crippen LogP contribution >= 0.6 is 23.4 Å². The predicted octanol–water partition coefficient (Wildman–Crippen LogP) is 6.62. The molecule has 4 aromatic carbocycles. The normalized spacial score (nSPS) is 17.7. The Morgan fingerprint density at radius 2 is 1.56 bits per heavy atom. The zero-order valence-electron chi connectivity index (χ0n) is 34.4. The average Bonchev–Trinajstić information content (AvgIpc) is 3.28. The fourth-order valence-electron chi connectivity index (χ4n) is 7.81. The molecule has 12 nitrogen and oxygen atoms in total. The number of halogens is 4. The topological polar surface area (TPSA) is 140 Å². The number of amides is 1. The molecule has 19 heteroatoms. The van der Waals surface area contributed by atoms with E-state index in [4.69, 9.17) is 16.3 Å². The molecule has 0 unspecified atom stereocenters. The van der Waals surface area contributed by atoms with Gasteiger partial charge in [0, 0.05) is 91.9 Å². The number of nitrogens with zero attached hydrogens (tertiary/aromatic N) is 3. The lowest BCUT2D eigenvalue weighted by atomic mass is 9.94. The van der Waals surface area contributed by atoms with Crippen molar-refractivity contribution < 1.29 is 39.5 Å². The molecule has 0 bridgehead atoms. The van der Waals surface area contributed by atoms with E-state index < -0.39 is 52.8 Å². The van der Waals surface area contributed by atoms with Crippen LogP contribution in [0.25, 0.3) is 5.57 Å². The Hall–Kier alpha value is -4.14. The number of carbonyl (C=O) groups excluding carboxylic acids is 1. The van der Waals surface area contributed by atoms with Crippen LogP contribution in [0.3, 0.4) is 0 Å². The number of thioether (sulfide) groups is 1. The van der Waals surface area contributed by atoms with Gasteiger partial charge in [0.15, 0.2) is 0 Å². The van der Waals surface area contributed by atoms with Crippen molar-refractivity contribution in [3.05, 3.63) is 119 Å². The number of anilines is 2. The van der Waals surface area contributed by atoms with Gasteiger partial charge in [0.25, 0.3) is 25.8 Å². The quantitative estimate of drug-likeness (QED) is 0.104. The largest absolute Gasteiger partial charge is 0.501 e. The Balaban J connectivity index is 1.01. The van der Waals surface area contributed by atoms with E-state index in [0.717, 1.165) is 74.9 Å². The second kappa shape index (κ2) is 20.8. The van der Waals surface area contributed by atoms with Gasteiger partial charge < -0.3 is 20.3 Å². The molecule has 0 saturated carbocycles. The first-order valence-corrected chi connectivity index (χ1v) is 25.0. The standard InChI is InChI=1S/C44H50ClF3N6O6S3/c45-35-10-6-32(7-11-35)40-16-18-49-29-34(40)30-53-20-22-54(23-21-53)37-12-8-33(9-13-37)43(55)51-63(58,59)39-14-15-41(42(28-39)62(56,57)44(46,47)48)50-36(17-19-52-24-26-60-27-25-52)31-61-38-4-2-1-3-5-38/h1-15,28,36,49-50H,16-27,29-31H2,(H,51,55)/t36-/m1/s1. The fraction of sp³-hybridized carbons (Fsp3) is 0.386. The zero-order chi connectivity index (χ0) is 44.6. The number of benzene rings is 4. The number of hydrogen-bond donors (Lipinski definition) is 3. The summed E-state index contributed by atoms with van der Waals surface area (Å²) >= 11 is 7.58. The summed E-state index contributed by atoms with van der Waals surface area (Å²) < 4.78 is 103. The molecule has 2 fully saturated rings. The molecule has 3 N–H and O–H groups in total. The smallest absolute Gasteiger partial charge is 0.380 e. The molecule has 3 aliphatic heterocycles. The average molecular weight is 948 g/mol. The van der Waals surface area contributed by atoms with Gasteiger partial charge in [0.1, 0.15) is 4.90 Å². The number of carbonyl (C=O) groups is 1. The Kier molecular flexibility index (Phi) is 15.5. The molecule has 0 aromatic heterocycles. The van der Waals surface area contributed by atoms with Crippen molar-refractivity contribution in [2.24, 2.45) is 0 Å². The van der Waals surface area contributed by atoms with Crippen LogP contribution in [0.5, 0.6) is 0 Å². The first-order valence-electron chi connectivity index (χ1n) is 20.7. The number of nitrogens with one attached hydrogen (secondary N) is 3. The van der Waals surface area contributed by atoms with Crippen LogP contribution in [0.4, 0.5) is 24.5 Å². The minimum absolute atomic E-state index is 0.00660. The van der Waals surface area contributed by atoms with Crippen LogP contribution in [0.1, 0.15) is 28.8 Å². The molecule has 0 spiro atoms. The molecule has 2 saturated heterocycles. The molecule has 4 aromatic rings. The zero-order valence-corrected chi connectivity index (χ0v) is 37.7. The Morgan fingerprint density at radius 3 is 2.24 bits per heavy atom. The van der Waals surface area contributed by atoms with Crippen LogP contribution in [-0.4, -0.2) is 129 Å². The first kappa shape index (κ1) is 46.8. The third-order valence-corrected chi connectivity index (χ3v) is 15.6. The summed E-state index contributed by atoms with van der Waals surface area (Å²) in [4.78, 5) is 18.9. The SMILES string of the molecule is O=C(NS(=O)(=O)c1ccc(N[C@H](CCN2CCOCC2)CSc2ccccc2)c(S(=O)(=O)C(F)(F)F)c1)c1ccc(N2CCN(CC3=C(c4ccc(Cl)cc4)CCNC3)CC2)cc1. The van der Waals surface area contributed by atoms with Gasteiger partial charge in [0.05, 0.1) is 23.8 Å². The molecule has 63 heavy (non-hydrogen) atoms. The van der Waals surface area contributed by atoms with Crippen molar-refractivity contribution >= 4 is 66.1 Å². The number of piperazine rings is 1. The molecule has 3 aliphatic rings. The van der Waals surface area contributed by atoms with E-state index in [2.05, 4.69) is 37.5 Å². The number of ether oxygens (including phenoxy) is 1. The summed E-state index contributed by atoms with van der Waals surface area (Å²) in [6.45, 7) is 8.65. The van der Waals surface area contributed by atoms with Crippen LogP contribution in [-0.2, 0) is 24.6 Å². The molecule has 338 valence electrons. The van der Waals surface area contributed by atoms with Gasteiger partial charge in [-0.05, 0) is 103 Å². The third-order valence-electron chi connectivity index (χ3n) is 11.3. The summed E-state index contributed by atoms with van der Waals surface area (Å²) in [5, 5.41) is 7.18. The lowest BCUT2D eigenvalue weighted by Gasteiger charge is -2.37. The fourth-order valence-corrected chi connectivity index (χ4v) is 11.0. The Morgan fingerprint density at radius 1 is 0.857 bits per heavy atom. The van der Waals surface area contributed by atoms with Crippen molar-refractivity contribution in [3.8, 4) is 0 Å². The van der Waals surface area contributed by atoms with E-state index in [1.807, 2.05) is 47.2 Å². The van der Waals surface area contributed by atoms with Crippen molar-refractivity contribution in [1.82, 2.24) is 19.8 Å². The Bertz CT molecular complexity index is 2450. The number of sulfone groups is 1. The maximum atomic E-state index is 14.2. The minimum Gasteiger partial charge on any atom is -0.380 e. The third kappa shape index (κ3) is 12.2. The number of hydrogen-bond acceptors (Lipinski definition) is 12. The van der Waals surface area contributed by atoms with Gasteiger partial charge in [-0.15, -0.1) is 11.8 Å². The van der Waals surface area contributed by atoms with Gasteiger partial charge >= 0.3 is 5.51 Å². The second-order valence-corrected chi connectivity index (χ2v) is 20.7. The van der Waals surface area contributed by atoms with E-state index in [1.54, 1.807) is 12.1 Å². The first-order chi connectivity index (χ1) is 30.2. The maximum Gasteiger partial charge on any atom is 0.501 e. The highest BCUT2D eigenvalue weighted by atomic mass is 35.5. The van der Waals surface area contributed by atoms with E-state index in [-0.39, 0.29) is 5.56 Å². The summed E-state index contributed by atoms with van der Waals surface area (Å²) in [5.74, 6) is -0.658. The predicted molar refractivity (Wildman–Crippen MR) is 242 cm³/mol. The van der Waals surface area contributed by atoms with Crippen molar-refractivity contribution in [3.63, 3.8) is 0 Å². The van der Waals surface area contributed by atoms with Gasteiger partial charge in [0.2, 0.25) is 0 Å². The molecule has 7 rings (SSSR count). The molecule has 0 aliphatic carbocycles. The lowest BCUT2D eigenvalue weighted by Crippen LogP contribution is -2.47. The highest BCUT2D eigenvalue weighted by Gasteiger charge is 2.48. The van der Waals surface area contributed by atoms with Gasteiger partial charge in [-0.1, -0.05) is 41.9 Å². The van der Waals surface area contributed by atoms with E-state index >= 15 is 0 Å². The molecular weight excluding hydrogens is 897 g/mol. The highest BCUT2D eigenvalue weighted by molar-refractivity contribution is 7.99. The molecule has 1 amide bonds. The molecule has 1 atom stereocenters. The van der Waals surface area contributed by atoms with Crippen molar-refractivity contribution in [2.45, 2.75) is 39.1 Å². The summed E-state index contributed by atoms with van der Waals surface area (Å²) in [6.07, 6.45) is 1.38. The van der Waals surface area contributed by atoms with Crippen molar-refractivity contribution in [2.75, 3.05) is 94.6 Å². The molecule has 3 heterocycles. The van der Waals surface area contributed by atoms with Crippen LogP contribution in [0, 0.1) is 0 Å². The highest BCUT2D eigenvalue weighted by Crippen LogP contribution is 2.37. The number of rotatable bonds is 16. The van der Waals surface area contributed by atoms with Crippen LogP contribution in [0.15, 0.2) is 117 Å². The summed E-state index contributed by atoms with van der Waals surface area (Å²) in [6, 6.07) is 25.6. The number of sulfonamides is 1. The molecular formula is C44H50ClF3N6O6S3. The van der Waals surface area contributed by atoms with Crippen LogP contribution < -0.4 is 20.3 Å². The number of morpholine rings is 1. The van der Waals surface area contributed by atoms with E-state index in [1.165, 1.54) is 40.6 Å². The monoisotopic (exact) mass is 946 g/mol. The van der Waals surface area contributed by atoms with Crippen LogP contribution in [0.2, 0.25) is 5.02 Å².